The predicted molar refractivity (Wildman–Crippen MR) is 57.5 cm³/mol. The molecule has 0 spiro atoms. The van der Waals surface area contributed by atoms with Crippen molar-refractivity contribution >= 4 is 5.91 Å². The Balaban J connectivity index is 2.24. The SMILES string of the molecule is CC(C)OCC(=O)N1CCC(CO)CC1. The predicted octanol–water partition coefficient (Wildman–Crippen LogP) is 0.642. The largest absolute Gasteiger partial charge is 0.396 e. The van der Waals surface area contributed by atoms with Crippen molar-refractivity contribution in [1.82, 2.24) is 4.90 Å². The molecule has 1 N–H and O–H groups in total. The number of carbonyl (C=O) groups is 1. The summed E-state index contributed by atoms with van der Waals surface area (Å²) in [7, 11) is 0. The van der Waals surface area contributed by atoms with Gasteiger partial charge in [0.05, 0.1) is 6.10 Å². The Morgan fingerprint density at radius 3 is 2.53 bits per heavy atom. The third-order valence-electron chi connectivity index (χ3n) is 2.77. The Kier molecular flexibility index (Phi) is 5.05. The van der Waals surface area contributed by atoms with Crippen LogP contribution in [0.1, 0.15) is 26.7 Å². The van der Waals surface area contributed by atoms with Crippen molar-refractivity contribution in [2.24, 2.45) is 5.92 Å². The molecular formula is C11H21NO3. The topological polar surface area (TPSA) is 49.8 Å². The number of rotatable bonds is 4. The lowest BCUT2D eigenvalue weighted by Crippen LogP contribution is -2.41. The fourth-order valence-corrected chi connectivity index (χ4v) is 1.69. The van der Waals surface area contributed by atoms with Gasteiger partial charge < -0.3 is 14.7 Å². The molecule has 0 atom stereocenters. The van der Waals surface area contributed by atoms with E-state index in [2.05, 4.69) is 0 Å². The van der Waals surface area contributed by atoms with E-state index in [1.807, 2.05) is 18.7 Å². The summed E-state index contributed by atoms with van der Waals surface area (Å²) in [6, 6.07) is 0. The van der Waals surface area contributed by atoms with Gasteiger partial charge in [-0.3, -0.25) is 4.79 Å². The van der Waals surface area contributed by atoms with Gasteiger partial charge in [0.25, 0.3) is 0 Å². The molecule has 0 aromatic heterocycles. The van der Waals surface area contributed by atoms with E-state index in [4.69, 9.17) is 9.84 Å². The van der Waals surface area contributed by atoms with E-state index in [-0.39, 0.29) is 25.2 Å². The molecule has 0 saturated carbocycles. The zero-order valence-electron chi connectivity index (χ0n) is 9.61. The van der Waals surface area contributed by atoms with Crippen molar-refractivity contribution in [3.63, 3.8) is 0 Å². The van der Waals surface area contributed by atoms with E-state index in [1.54, 1.807) is 0 Å². The zero-order chi connectivity index (χ0) is 11.3. The second-order valence-electron chi connectivity index (χ2n) is 4.37. The molecule has 88 valence electrons. The van der Waals surface area contributed by atoms with Crippen molar-refractivity contribution < 1.29 is 14.6 Å². The first-order valence-electron chi connectivity index (χ1n) is 5.63. The first kappa shape index (κ1) is 12.5. The number of hydrogen-bond donors (Lipinski definition) is 1. The summed E-state index contributed by atoms with van der Waals surface area (Å²) in [5.74, 6) is 0.445. The van der Waals surface area contributed by atoms with Crippen LogP contribution >= 0.6 is 0 Å². The summed E-state index contributed by atoms with van der Waals surface area (Å²) < 4.78 is 5.27. The van der Waals surface area contributed by atoms with Gasteiger partial charge in [0.15, 0.2) is 0 Å². The fourth-order valence-electron chi connectivity index (χ4n) is 1.69. The standard InChI is InChI=1S/C11H21NO3/c1-9(2)15-8-11(14)12-5-3-10(7-13)4-6-12/h9-10,13H,3-8H2,1-2H3. The van der Waals surface area contributed by atoms with Gasteiger partial charge in [0.2, 0.25) is 5.91 Å². The van der Waals surface area contributed by atoms with E-state index in [0.717, 1.165) is 25.9 Å². The molecule has 1 aliphatic rings. The van der Waals surface area contributed by atoms with Crippen molar-refractivity contribution in [3.05, 3.63) is 0 Å². The maximum absolute atomic E-state index is 11.6. The molecular weight excluding hydrogens is 194 g/mol. The maximum Gasteiger partial charge on any atom is 0.248 e. The van der Waals surface area contributed by atoms with Crippen LogP contribution in [-0.2, 0) is 9.53 Å². The van der Waals surface area contributed by atoms with Crippen molar-refractivity contribution in [2.75, 3.05) is 26.3 Å². The number of aliphatic hydroxyl groups excluding tert-OH is 1. The smallest absolute Gasteiger partial charge is 0.248 e. The Labute approximate surface area is 91.2 Å². The average Bonchev–Trinajstić information content (AvgIpc) is 2.26. The zero-order valence-corrected chi connectivity index (χ0v) is 9.61. The number of hydrogen-bond acceptors (Lipinski definition) is 3. The number of likely N-dealkylation sites (tertiary alicyclic amines) is 1. The van der Waals surface area contributed by atoms with Crippen LogP contribution in [0.2, 0.25) is 0 Å². The molecule has 15 heavy (non-hydrogen) atoms. The first-order chi connectivity index (χ1) is 7.13. The van der Waals surface area contributed by atoms with E-state index in [0.29, 0.717) is 5.92 Å². The number of amides is 1. The number of aliphatic hydroxyl groups is 1. The third kappa shape index (κ3) is 4.18. The molecule has 0 aromatic rings. The molecule has 1 amide bonds. The maximum atomic E-state index is 11.6. The minimum absolute atomic E-state index is 0.0695. The number of piperidine rings is 1. The third-order valence-corrected chi connectivity index (χ3v) is 2.77. The van der Waals surface area contributed by atoms with Crippen molar-refractivity contribution in [2.45, 2.75) is 32.8 Å². The van der Waals surface area contributed by atoms with Crippen LogP contribution in [0.3, 0.4) is 0 Å². The van der Waals surface area contributed by atoms with Gasteiger partial charge in [0.1, 0.15) is 6.61 Å². The lowest BCUT2D eigenvalue weighted by atomic mass is 9.98. The van der Waals surface area contributed by atoms with Gasteiger partial charge >= 0.3 is 0 Å². The molecule has 1 aliphatic heterocycles. The van der Waals surface area contributed by atoms with E-state index in [9.17, 15) is 4.79 Å². The summed E-state index contributed by atoms with van der Waals surface area (Å²) in [6.45, 7) is 5.78. The number of carbonyl (C=O) groups excluding carboxylic acids is 1. The Morgan fingerprint density at radius 1 is 1.47 bits per heavy atom. The Bertz CT molecular complexity index is 198. The van der Waals surface area contributed by atoms with E-state index < -0.39 is 0 Å². The highest BCUT2D eigenvalue weighted by molar-refractivity contribution is 5.77. The molecule has 0 aliphatic carbocycles. The number of ether oxygens (including phenoxy) is 1. The van der Waals surface area contributed by atoms with Crippen molar-refractivity contribution in [1.29, 1.82) is 0 Å². The highest BCUT2D eigenvalue weighted by Crippen LogP contribution is 2.16. The monoisotopic (exact) mass is 215 g/mol. The normalized spacial score (nSPS) is 18.5. The van der Waals surface area contributed by atoms with Gasteiger partial charge in [-0.1, -0.05) is 0 Å². The summed E-state index contributed by atoms with van der Waals surface area (Å²) in [4.78, 5) is 13.5. The van der Waals surface area contributed by atoms with Crippen molar-refractivity contribution in [3.8, 4) is 0 Å². The fraction of sp³-hybridized carbons (Fsp3) is 0.909. The molecule has 1 heterocycles. The molecule has 0 radical (unpaired) electrons. The molecule has 0 aromatic carbocycles. The van der Waals surface area contributed by atoms with Crippen LogP contribution < -0.4 is 0 Å². The molecule has 0 unspecified atom stereocenters. The summed E-state index contributed by atoms with van der Waals surface area (Å²) in [5.41, 5.74) is 0. The van der Waals surface area contributed by atoms with Crippen LogP contribution in [0.25, 0.3) is 0 Å². The molecule has 0 bridgehead atoms. The molecule has 1 fully saturated rings. The van der Waals surface area contributed by atoms with Gasteiger partial charge in [-0.2, -0.15) is 0 Å². The molecule has 1 saturated heterocycles. The summed E-state index contributed by atoms with van der Waals surface area (Å²) in [5, 5.41) is 8.96. The van der Waals surface area contributed by atoms with Crippen LogP contribution in [0.4, 0.5) is 0 Å². The first-order valence-corrected chi connectivity index (χ1v) is 5.63. The minimum atomic E-state index is 0.0695. The quantitative estimate of drug-likeness (QED) is 0.749. The summed E-state index contributed by atoms with van der Waals surface area (Å²) >= 11 is 0. The molecule has 4 nitrogen and oxygen atoms in total. The molecule has 1 rings (SSSR count). The van der Waals surface area contributed by atoms with E-state index >= 15 is 0 Å². The van der Waals surface area contributed by atoms with Gasteiger partial charge in [-0.15, -0.1) is 0 Å². The molecule has 4 heteroatoms. The average molecular weight is 215 g/mol. The van der Waals surface area contributed by atoms with Crippen LogP contribution in [0.5, 0.6) is 0 Å². The minimum Gasteiger partial charge on any atom is -0.396 e. The van der Waals surface area contributed by atoms with Gasteiger partial charge in [-0.05, 0) is 32.6 Å². The second-order valence-corrected chi connectivity index (χ2v) is 4.37. The summed E-state index contributed by atoms with van der Waals surface area (Å²) in [6.07, 6.45) is 1.91. The van der Waals surface area contributed by atoms with Gasteiger partial charge in [-0.25, -0.2) is 0 Å². The second kappa shape index (κ2) is 6.08. The van der Waals surface area contributed by atoms with Crippen LogP contribution in [0.15, 0.2) is 0 Å². The Morgan fingerprint density at radius 2 is 2.07 bits per heavy atom. The van der Waals surface area contributed by atoms with Crippen LogP contribution in [0, 0.1) is 5.92 Å². The number of nitrogens with zero attached hydrogens (tertiary/aromatic N) is 1. The highest BCUT2D eigenvalue weighted by Gasteiger charge is 2.22. The van der Waals surface area contributed by atoms with E-state index in [1.165, 1.54) is 0 Å². The lowest BCUT2D eigenvalue weighted by Gasteiger charge is -2.31. The van der Waals surface area contributed by atoms with Crippen LogP contribution in [-0.4, -0.2) is 48.3 Å². The lowest BCUT2D eigenvalue weighted by molar-refractivity contribution is -0.139. The highest BCUT2D eigenvalue weighted by atomic mass is 16.5. The Hall–Kier alpha value is -0.610. The van der Waals surface area contributed by atoms with Gasteiger partial charge in [0, 0.05) is 19.7 Å².